The van der Waals surface area contributed by atoms with Gasteiger partial charge in [-0.05, 0) is 32.0 Å². The zero-order valence-electron chi connectivity index (χ0n) is 10.2. The Hall–Kier alpha value is -2.30. The van der Waals surface area contributed by atoms with Gasteiger partial charge in [-0.25, -0.2) is 4.79 Å². The number of aromatic nitrogens is 2. The molecule has 1 heterocycles. The molecule has 0 fully saturated rings. The van der Waals surface area contributed by atoms with Crippen LogP contribution < -0.4 is 0 Å². The van der Waals surface area contributed by atoms with Gasteiger partial charge in [0, 0.05) is 23.4 Å². The Balaban J connectivity index is 2.51. The molecule has 0 saturated heterocycles. The number of hydrogen-bond acceptors (Lipinski definition) is 3. The highest BCUT2D eigenvalue weighted by Gasteiger charge is 2.13. The maximum atomic E-state index is 10.8. The minimum atomic E-state index is -1.06. The first-order chi connectivity index (χ1) is 8.54. The van der Waals surface area contributed by atoms with Crippen molar-refractivity contribution < 1.29 is 15.0 Å². The molecule has 1 aromatic heterocycles. The average Bonchev–Trinajstić information content (AvgIpc) is 2.70. The zero-order chi connectivity index (χ0) is 13.3. The molecule has 2 rings (SSSR count). The Morgan fingerprint density at radius 2 is 2.11 bits per heavy atom. The maximum absolute atomic E-state index is 10.8. The summed E-state index contributed by atoms with van der Waals surface area (Å²) in [5, 5.41) is 22.9. The van der Waals surface area contributed by atoms with Gasteiger partial charge in [-0.2, -0.15) is 5.10 Å². The van der Waals surface area contributed by atoms with E-state index in [0.717, 1.165) is 17.8 Å². The molecule has 0 aliphatic carbocycles. The smallest absolute Gasteiger partial charge is 0.335 e. The predicted molar refractivity (Wildman–Crippen MR) is 66.7 cm³/mol. The highest BCUT2D eigenvalue weighted by Crippen LogP contribution is 2.32. The van der Waals surface area contributed by atoms with Crippen molar-refractivity contribution in [3.63, 3.8) is 0 Å². The summed E-state index contributed by atoms with van der Waals surface area (Å²) in [6.07, 6.45) is 1.67. The lowest BCUT2D eigenvalue weighted by molar-refractivity contribution is 0.0696. The van der Waals surface area contributed by atoms with Gasteiger partial charge < -0.3 is 10.2 Å². The second kappa shape index (κ2) is 4.52. The van der Waals surface area contributed by atoms with Crippen molar-refractivity contribution in [1.82, 2.24) is 9.78 Å². The number of aromatic hydroxyl groups is 1. The third-order valence-electron chi connectivity index (χ3n) is 2.94. The van der Waals surface area contributed by atoms with Gasteiger partial charge in [0.05, 0.1) is 11.8 Å². The number of aryl methyl sites for hydroxylation is 1. The number of benzene rings is 1. The largest absolute Gasteiger partial charge is 0.507 e. The molecule has 0 aliphatic rings. The summed E-state index contributed by atoms with van der Waals surface area (Å²) < 4.78 is 1.82. The minimum Gasteiger partial charge on any atom is -0.507 e. The summed E-state index contributed by atoms with van der Waals surface area (Å²) >= 11 is 0. The molecular formula is C13H14N2O3. The Kier molecular flexibility index (Phi) is 3.06. The molecule has 5 heteroatoms. The number of hydrogen-bond donors (Lipinski definition) is 2. The van der Waals surface area contributed by atoms with E-state index in [4.69, 9.17) is 5.11 Å². The molecule has 0 unspecified atom stereocenters. The lowest BCUT2D eigenvalue weighted by atomic mass is 10.0. The van der Waals surface area contributed by atoms with Crippen LogP contribution in [0.15, 0.2) is 24.4 Å². The molecular weight excluding hydrogens is 232 g/mol. The lowest BCUT2D eigenvalue weighted by Crippen LogP contribution is -1.99. The maximum Gasteiger partial charge on any atom is 0.335 e. The van der Waals surface area contributed by atoms with E-state index >= 15 is 0 Å². The van der Waals surface area contributed by atoms with E-state index in [1.807, 2.05) is 18.5 Å². The SMILES string of the molecule is CCn1ncc(-c2ccc(C(=O)O)cc2O)c1C. The van der Waals surface area contributed by atoms with Crippen molar-refractivity contribution in [2.45, 2.75) is 20.4 Å². The summed E-state index contributed by atoms with van der Waals surface area (Å²) in [7, 11) is 0. The van der Waals surface area contributed by atoms with Crippen LogP contribution in [-0.4, -0.2) is 26.0 Å². The molecule has 0 amide bonds. The van der Waals surface area contributed by atoms with E-state index in [0.29, 0.717) is 5.56 Å². The Labute approximate surface area is 104 Å². The summed E-state index contributed by atoms with van der Waals surface area (Å²) in [4.78, 5) is 10.8. The third kappa shape index (κ3) is 1.95. The minimum absolute atomic E-state index is 0.0475. The number of carbonyl (C=O) groups is 1. The van der Waals surface area contributed by atoms with Crippen molar-refractivity contribution in [3.8, 4) is 16.9 Å². The topological polar surface area (TPSA) is 75.4 Å². The molecule has 0 spiro atoms. The quantitative estimate of drug-likeness (QED) is 0.871. The van der Waals surface area contributed by atoms with Crippen LogP contribution in [0.25, 0.3) is 11.1 Å². The van der Waals surface area contributed by atoms with Crippen molar-refractivity contribution in [2.75, 3.05) is 0 Å². The van der Waals surface area contributed by atoms with Crippen LogP contribution in [0.1, 0.15) is 23.0 Å². The molecule has 0 aliphatic heterocycles. The average molecular weight is 246 g/mol. The van der Waals surface area contributed by atoms with Crippen molar-refractivity contribution >= 4 is 5.97 Å². The molecule has 0 atom stereocenters. The Bertz CT molecular complexity index is 602. The van der Waals surface area contributed by atoms with Gasteiger partial charge in [-0.1, -0.05) is 0 Å². The van der Waals surface area contributed by atoms with E-state index in [9.17, 15) is 9.90 Å². The summed E-state index contributed by atoms with van der Waals surface area (Å²) in [5.74, 6) is -1.11. The molecule has 1 aromatic carbocycles. The Morgan fingerprint density at radius 3 is 2.61 bits per heavy atom. The summed E-state index contributed by atoms with van der Waals surface area (Å²) in [5.41, 5.74) is 2.41. The molecule has 2 N–H and O–H groups in total. The second-order valence-corrected chi connectivity index (χ2v) is 4.00. The summed E-state index contributed by atoms with van der Waals surface area (Å²) in [6, 6.07) is 4.32. The number of carboxylic acids is 1. The first-order valence-electron chi connectivity index (χ1n) is 5.63. The molecule has 0 saturated carbocycles. The van der Waals surface area contributed by atoms with E-state index in [-0.39, 0.29) is 11.3 Å². The van der Waals surface area contributed by atoms with Crippen molar-refractivity contribution in [1.29, 1.82) is 0 Å². The van der Waals surface area contributed by atoms with E-state index in [1.54, 1.807) is 12.3 Å². The first kappa shape index (κ1) is 12.2. The van der Waals surface area contributed by atoms with Crippen molar-refractivity contribution in [3.05, 3.63) is 35.7 Å². The molecule has 18 heavy (non-hydrogen) atoms. The van der Waals surface area contributed by atoms with Gasteiger partial charge in [-0.15, -0.1) is 0 Å². The monoisotopic (exact) mass is 246 g/mol. The molecule has 0 radical (unpaired) electrons. The summed E-state index contributed by atoms with van der Waals surface area (Å²) in [6.45, 7) is 4.65. The van der Waals surface area contributed by atoms with E-state index < -0.39 is 5.97 Å². The molecule has 94 valence electrons. The van der Waals surface area contributed by atoms with Crippen LogP contribution in [0, 0.1) is 6.92 Å². The first-order valence-corrected chi connectivity index (χ1v) is 5.63. The molecule has 0 bridgehead atoms. The number of nitrogens with zero attached hydrogens (tertiary/aromatic N) is 2. The third-order valence-corrected chi connectivity index (χ3v) is 2.94. The highest BCUT2D eigenvalue weighted by atomic mass is 16.4. The zero-order valence-corrected chi connectivity index (χ0v) is 10.2. The van der Waals surface area contributed by atoms with Crippen LogP contribution in [0.4, 0.5) is 0 Å². The van der Waals surface area contributed by atoms with Crippen LogP contribution in [0.5, 0.6) is 5.75 Å². The number of aromatic carboxylic acids is 1. The number of phenolic OH excluding ortho intramolecular Hbond substituents is 1. The fourth-order valence-electron chi connectivity index (χ4n) is 1.92. The normalized spacial score (nSPS) is 10.6. The number of carboxylic acid groups (broad SMARTS) is 1. The van der Waals surface area contributed by atoms with Gasteiger partial charge >= 0.3 is 5.97 Å². The van der Waals surface area contributed by atoms with Gasteiger partial charge in [0.1, 0.15) is 5.75 Å². The van der Waals surface area contributed by atoms with Gasteiger partial charge in [0.15, 0.2) is 0 Å². The Morgan fingerprint density at radius 1 is 1.39 bits per heavy atom. The van der Waals surface area contributed by atoms with Crippen molar-refractivity contribution in [2.24, 2.45) is 0 Å². The highest BCUT2D eigenvalue weighted by molar-refractivity contribution is 5.89. The second-order valence-electron chi connectivity index (χ2n) is 4.00. The molecule has 2 aromatic rings. The number of phenols is 1. The van der Waals surface area contributed by atoms with E-state index in [2.05, 4.69) is 5.10 Å². The predicted octanol–water partition coefficient (Wildman–Crippen LogP) is 2.28. The number of rotatable bonds is 3. The van der Waals surface area contributed by atoms with Crippen LogP contribution >= 0.6 is 0 Å². The fraction of sp³-hybridized carbons (Fsp3) is 0.231. The standard InChI is InChI=1S/C13H14N2O3/c1-3-15-8(2)11(7-14-15)10-5-4-9(13(17)18)6-12(10)16/h4-7,16H,3H2,1-2H3,(H,17,18). The van der Waals surface area contributed by atoms with Crippen LogP contribution in [0.3, 0.4) is 0 Å². The fourth-order valence-corrected chi connectivity index (χ4v) is 1.92. The van der Waals surface area contributed by atoms with Gasteiger partial charge in [0.2, 0.25) is 0 Å². The molecule has 5 nitrogen and oxygen atoms in total. The van der Waals surface area contributed by atoms with Gasteiger partial charge in [0.25, 0.3) is 0 Å². The lowest BCUT2D eigenvalue weighted by Gasteiger charge is -2.06. The van der Waals surface area contributed by atoms with Crippen LogP contribution in [0.2, 0.25) is 0 Å². The van der Waals surface area contributed by atoms with Gasteiger partial charge in [-0.3, -0.25) is 4.68 Å². The van der Waals surface area contributed by atoms with Crippen LogP contribution in [-0.2, 0) is 6.54 Å². The van der Waals surface area contributed by atoms with E-state index in [1.165, 1.54) is 12.1 Å².